The minimum Gasteiger partial charge on any atom is -0.457 e. The Balaban J connectivity index is 1.96. The van der Waals surface area contributed by atoms with Gasteiger partial charge in [0, 0.05) is 10.2 Å². The number of aryl methyl sites for hydroxylation is 1. The molecule has 0 fully saturated rings. The van der Waals surface area contributed by atoms with Crippen molar-refractivity contribution in [3.05, 3.63) is 64.6 Å². The first-order valence-corrected chi connectivity index (χ1v) is 7.14. The molecule has 0 aromatic heterocycles. The Morgan fingerprint density at radius 2 is 1.65 bits per heavy atom. The van der Waals surface area contributed by atoms with E-state index in [1.54, 1.807) is 0 Å². The lowest BCUT2D eigenvalue weighted by atomic mass is 10.1. The van der Waals surface area contributed by atoms with Crippen LogP contribution in [0.3, 0.4) is 0 Å². The molecule has 0 aliphatic carbocycles. The summed E-state index contributed by atoms with van der Waals surface area (Å²) in [5, 5.41) is 2.33. The molecule has 0 aliphatic heterocycles. The molecule has 0 atom stereocenters. The summed E-state index contributed by atoms with van der Waals surface area (Å²) in [5.41, 5.74) is 7.53. The highest BCUT2D eigenvalue weighted by Gasteiger charge is 2.03. The Morgan fingerprint density at radius 1 is 0.900 bits per heavy atom. The summed E-state index contributed by atoms with van der Waals surface area (Å²) >= 11 is 3.48. The lowest BCUT2D eigenvalue weighted by molar-refractivity contribution is 0.480. The highest BCUT2D eigenvalue weighted by atomic mass is 79.9. The molecule has 20 heavy (non-hydrogen) atoms. The second-order valence-corrected chi connectivity index (χ2v) is 5.70. The summed E-state index contributed by atoms with van der Waals surface area (Å²) in [6, 6.07) is 17.9. The highest BCUT2D eigenvalue weighted by Crippen LogP contribution is 2.29. The molecule has 0 amide bonds. The fraction of sp³-hybridized carbons (Fsp3) is 0.0588. The maximum atomic E-state index is 5.94. The topological polar surface area (TPSA) is 35.2 Å². The van der Waals surface area contributed by atoms with Crippen LogP contribution in [0.25, 0.3) is 10.8 Å². The van der Waals surface area contributed by atoms with Crippen molar-refractivity contribution in [2.75, 3.05) is 5.73 Å². The lowest BCUT2D eigenvalue weighted by Gasteiger charge is -2.10. The zero-order valence-electron chi connectivity index (χ0n) is 11.1. The fourth-order valence-electron chi connectivity index (χ4n) is 2.17. The van der Waals surface area contributed by atoms with Crippen molar-refractivity contribution in [2.45, 2.75) is 6.92 Å². The second-order valence-electron chi connectivity index (χ2n) is 4.78. The van der Waals surface area contributed by atoms with Gasteiger partial charge in [0.05, 0.1) is 0 Å². The van der Waals surface area contributed by atoms with Crippen molar-refractivity contribution in [3.63, 3.8) is 0 Å². The summed E-state index contributed by atoms with van der Waals surface area (Å²) in [6.07, 6.45) is 0. The quantitative estimate of drug-likeness (QED) is 0.649. The van der Waals surface area contributed by atoms with Crippen LogP contribution in [0.15, 0.2) is 59.1 Å². The van der Waals surface area contributed by atoms with E-state index in [0.29, 0.717) is 0 Å². The molecule has 0 aliphatic rings. The van der Waals surface area contributed by atoms with Crippen LogP contribution in [0.4, 0.5) is 5.69 Å². The number of ether oxygens (including phenoxy) is 1. The minimum atomic E-state index is 0.748. The number of rotatable bonds is 2. The van der Waals surface area contributed by atoms with Crippen LogP contribution < -0.4 is 10.5 Å². The van der Waals surface area contributed by atoms with Crippen molar-refractivity contribution in [1.82, 2.24) is 0 Å². The molecule has 0 spiro atoms. The van der Waals surface area contributed by atoms with Gasteiger partial charge in [0.1, 0.15) is 11.5 Å². The third-order valence-corrected chi connectivity index (χ3v) is 3.69. The number of nitrogens with two attached hydrogens (primary N) is 1. The molecular weight excluding hydrogens is 314 g/mol. The molecule has 3 rings (SSSR count). The molecule has 3 aromatic rings. The van der Waals surface area contributed by atoms with Gasteiger partial charge in [0.25, 0.3) is 0 Å². The van der Waals surface area contributed by atoms with E-state index in [4.69, 9.17) is 10.5 Å². The minimum absolute atomic E-state index is 0.748. The van der Waals surface area contributed by atoms with Gasteiger partial charge in [-0.05, 0) is 65.7 Å². The first-order valence-electron chi connectivity index (χ1n) is 6.35. The van der Waals surface area contributed by atoms with Crippen molar-refractivity contribution >= 4 is 32.4 Å². The van der Waals surface area contributed by atoms with E-state index in [2.05, 4.69) is 34.1 Å². The number of hydrogen-bond acceptors (Lipinski definition) is 2. The first kappa shape index (κ1) is 13.0. The van der Waals surface area contributed by atoms with Crippen LogP contribution in [-0.2, 0) is 0 Å². The number of anilines is 1. The van der Waals surface area contributed by atoms with Gasteiger partial charge < -0.3 is 10.5 Å². The van der Waals surface area contributed by atoms with E-state index in [1.165, 1.54) is 5.39 Å². The van der Waals surface area contributed by atoms with Crippen LogP contribution in [0, 0.1) is 6.92 Å². The van der Waals surface area contributed by atoms with E-state index >= 15 is 0 Å². The van der Waals surface area contributed by atoms with Crippen molar-refractivity contribution in [1.29, 1.82) is 0 Å². The largest absolute Gasteiger partial charge is 0.457 e. The summed E-state index contributed by atoms with van der Waals surface area (Å²) in [6.45, 7) is 1.99. The average molecular weight is 328 g/mol. The highest BCUT2D eigenvalue weighted by molar-refractivity contribution is 9.10. The summed E-state index contributed by atoms with van der Waals surface area (Å²) < 4.78 is 7.01. The average Bonchev–Trinajstić information content (AvgIpc) is 2.42. The number of fused-ring (bicyclic) bond motifs is 1. The maximum absolute atomic E-state index is 5.94. The standard InChI is InChI=1S/C17H14BrNO/c1-11-8-15(19)5-7-17(11)20-16-6-3-12-9-14(18)4-2-13(12)10-16/h2-10H,19H2,1H3. The Labute approximate surface area is 126 Å². The van der Waals surface area contributed by atoms with Gasteiger partial charge in [-0.2, -0.15) is 0 Å². The molecule has 0 saturated carbocycles. The molecule has 3 heteroatoms. The maximum Gasteiger partial charge on any atom is 0.130 e. The van der Waals surface area contributed by atoms with Crippen LogP contribution >= 0.6 is 15.9 Å². The zero-order chi connectivity index (χ0) is 14.1. The normalized spacial score (nSPS) is 10.7. The summed E-state index contributed by atoms with van der Waals surface area (Å²) in [5.74, 6) is 1.66. The lowest BCUT2D eigenvalue weighted by Crippen LogP contribution is -1.90. The third-order valence-electron chi connectivity index (χ3n) is 3.20. The number of hydrogen-bond donors (Lipinski definition) is 1. The van der Waals surface area contributed by atoms with Gasteiger partial charge in [0.2, 0.25) is 0 Å². The van der Waals surface area contributed by atoms with E-state index in [1.807, 2.05) is 43.3 Å². The molecule has 0 heterocycles. The second kappa shape index (κ2) is 5.17. The van der Waals surface area contributed by atoms with Crippen LogP contribution in [-0.4, -0.2) is 0 Å². The molecule has 2 nitrogen and oxygen atoms in total. The summed E-state index contributed by atoms with van der Waals surface area (Å²) in [4.78, 5) is 0. The Kier molecular flexibility index (Phi) is 3.36. The third kappa shape index (κ3) is 2.63. The fourth-order valence-corrected chi connectivity index (χ4v) is 2.55. The molecule has 100 valence electrons. The van der Waals surface area contributed by atoms with E-state index < -0.39 is 0 Å². The van der Waals surface area contributed by atoms with Crippen molar-refractivity contribution < 1.29 is 4.74 Å². The molecule has 0 saturated heterocycles. The monoisotopic (exact) mass is 327 g/mol. The molecular formula is C17H14BrNO. The Hall–Kier alpha value is -2.00. The predicted molar refractivity (Wildman–Crippen MR) is 87.3 cm³/mol. The predicted octanol–water partition coefficient (Wildman–Crippen LogP) is 5.29. The van der Waals surface area contributed by atoms with Crippen molar-refractivity contribution in [2.24, 2.45) is 0 Å². The van der Waals surface area contributed by atoms with Gasteiger partial charge in [-0.25, -0.2) is 0 Å². The van der Waals surface area contributed by atoms with Gasteiger partial charge in [-0.15, -0.1) is 0 Å². The van der Waals surface area contributed by atoms with Crippen LogP contribution in [0.1, 0.15) is 5.56 Å². The number of nitrogen functional groups attached to an aromatic ring is 1. The Bertz CT molecular complexity index is 783. The van der Waals surface area contributed by atoms with Crippen LogP contribution in [0.2, 0.25) is 0 Å². The van der Waals surface area contributed by atoms with E-state index in [9.17, 15) is 0 Å². The first-order chi connectivity index (χ1) is 9.61. The van der Waals surface area contributed by atoms with Gasteiger partial charge in [-0.1, -0.05) is 28.1 Å². The van der Waals surface area contributed by atoms with Gasteiger partial charge in [-0.3, -0.25) is 0 Å². The van der Waals surface area contributed by atoms with E-state index in [0.717, 1.165) is 32.6 Å². The van der Waals surface area contributed by atoms with Crippen molar-refractivity contribution in [3.8, 4) is 11.5 Å². The molecule has 0 radical (unpaired) electrons. The molecule has 0 bridgehead atoms. The molecule has 3 aromatic carbocycles. The SMILES string of the molecule is Cc1cc(N)ccc1Oc1ccc2cc(Br)ccc2c1. The number of benzene rings is 3. The van der Waals surface area contributed by atoms with E-state index in [-0.39, 0.29) is 0 Å². The zero-order valence-corrected chi connectivity index (χ0v) is 12.6. The van der Waals surface area contributed by atoms with Gasteiger partial charge in [0.15, 0.2) is 0 Å². The molecule has 2 N–H and O–H groups in total. The van der Waals surface area contributed by atoms with Gasteiger partial charge >= 0.3 is 0 Å². The summed E-state index contributed by atoms with van der Waals surface area (Å²) in [7, 11) is 0. The van der Waals surface area contributed by atoms with Crippen LogP contribution in [0.5, 0.6) is 11.5 Å². The Morgan fingerprint density at radius 3 is 2.45 bits per heavy atom. The number of halogens is 1. The molecule has 0 unspecified atom stereocenters. The smallest absolute Gasteiger partial charge is 0.130 e.